The predicted octanol–water partition coefficient (Wildman–Crippen LogP) is 3.26. The van der Waals surface area contributed by atoms with Crippen LogP contribution in [0.2, 0.25) is 0 Å². The number of anilines is 1. The number of aryl methyl sites for hydroxylation is 1. The van der Waals surface area contributed by atoms with Crippen molar-refractivity contribution < 1.29 is 0 Å². The van der Waals surface area contributed by atoms with Gasteiger partial charge in [-0.25, -0.2) is 0 Å². The minimum atomic E-state index is 0.463. The number of rotatable bonds is 2. The van der Waals surface area contributed by atoms with Crippen LogP contribution in [0.25, 0.3) is 0 Å². The van der Waals surface area contributed by atoms with Crippen LogP contribution in [0.15, 0.2) is 18.2 Å². The van der Waals surface area contributed by atoms with Crippen LogP contribution in [0.4, 0.5) is 5.69 Å². The summed E-state index contributed by atoms with van der Waals surface area (Å²) in [5.74, 6) is 0. The van der Waals surface area contributed by atoms with Gasteiger partial charge in [0.05, 0.1) is 0 Å². The zero-order chi connectivity index (χ0) is 13.3. The van der Waals surface area contributed by atoms with Crippen molar-refractivity contribution in [2.75, 3.05) is 18.0 Å². The van der Waals surface area contributed by atoms with Crippen molar-refractivity contribution in [1.82, 2.24) is 0 Å². The van der Waals surface area contributed by atoms with Crippen LogP contribution < -0.4 is 10.6 Å². The minimum Gasteiger partial charge on any atom is -0.389 e. The maximum absolute atomic E-state index is 5.85. The zero-order valence-electron chi connectivity index (χ0n) is 11.5. The van der Waals surface area contributed by atoms with Gasteiger partial charge in [0.2, 0.25) is 0 Å². The summed E-state index contributed by atoms with van der Waals surface area (Å²) in [7, 11) is 0. The molecule has 2 rings (SSSR count). The second-order valence-electron chi connectivity index (χ2n) is 6.04. The van der Waals surface area contributed by atoms with Crippen LogP contribution in [0.3, 0.4) is 0 Å². The minimum absolute atomic E-state index is 0.463. The first-order valence-corrected chi connectivity index (χ1v) is 6.95. The second-order valence-corrected chi connectivity index (χ2v) is 6.48. The number of hydrogen-bond acceptors (Lipinski definition) is 2. The van der Waals surface area contributed by atoms with Gasteiger partial charge in [-0.2, -0.15) is 0 Å². The van der Waals surface area contributed by atoms with Gasteiger partial charge in [0.15, 0.2) is 0 Å². The van der Waals surface area contributed by atoms with Crippen molar-refractivity contribution in [2.24, 2.45) is 11.1 Å². The van der Waals surface area contributed by atoms with E-state index < -0.39 is 0 Å². The van der Waals surface area contributed by atoms with E-state index in [0.717, 1.165) is 18.7 Å². The Morgan fingerprint density at radius 2 is 1.89 bits per heavy atom. The van der Waals surface area contributed by atoms with E-state index in [0.29, 0.717) is 10.4 Å². The third kappa shape index (κ3) is 2.83. The molecule has 1 heterocycles. The Morgan fingerprint density at radius 1 is 1.28 bits per heavy atom. The highest BCUT2D eigenvalue weighted by Gasteiger charge is 2.26. The summed E-state index contributed by atoms with van der Waals surface area (Å²) in [5, 5.41) is 0. The van der Waals surface area contributed by atoms with Crippen molar-refractivity contribution in [3.63, 3.8) is 0 Å². The lowest BCUT2D eigenvalue weighted by atomic mass is 9.82. The van der Waals surface area contributed by atoms with Crippen molar-refractivity contribution in [2.45, 2.75) is 33.6 Å². The molecule has 0 saturated carbocycles. The average Bonchev–Trinajstić information content (AvgIpc) is 2.29. The molecule has 0 unspecified atom stereocenters. The standard InChI is InChI=1S/C15H22N2S/c1-11-4-5-13(12(10-11)14(16)18)17-8-6-15(2,3)7-9-17/h4-5,10H,6-9H2,1-3H3,(H2,16,18). The molecule has 0 atom stereocenters. The molecule has 1 aliphatic rings. The number of benzene rings is 1. The first-order valence-electron chi connectivity index (χ1n) is 6.54. The summed E-state index contributed by atoms with van der Waals surface area (Å²) in [6, 6.07) is 6.39. The summed E-state index contributed by atoms with van der Waals surface area (Å²) in [5.41, 5.74) is 9.73. The first kappa shape index (κ1) is 13.3. The molecule has 0 amide bonds. The van der Waals surface area contributed by atoms with Crippen LogP contribution in [0, 0.1) is 12.3 Å². The first-order chi connectivity index (χ1) is 8.39. The predicted molar refractivity (Wildman–Crippen MR) is 82.3 cm³/mol. The Bertz CT molecular complexity index is 456. The van der Waals surface area contributed by atoms with Crippen LogP contribution in [-0.4, -0.2) is 18.1 Å². The highest BCUT2D eigenvalue weighted by molar-refractivity contribution is 7.80. The van der Waals surface area contributed by atoms with E-state index >= 15 is 0 Å². The van der Waals surface area contributed by atoms with Gasteiger partial charge in [-0.1, -0.05) is 37.7 Å². The number of hydrogen-bond donors (Lipinski definition) is 1. The molecule has 0 radical (unpaired) electrons. The van der Waals surface area contributed by atoms with Gasteiger partial charge in [-0.05, 0) is 37.3 Å². The molecule has 1 saturated heterocycles. The van der Waals surface area contributed by atoms with Crippen LogP contribution in [0.1, 0.15) is 37.8 Å². The quantitative estimate of drug-likeness (QED) is 0.830. The third-order valence-corrected chi connectivity index (χ3v) is 4.10. The molecular formula is C15H22N2S. The molecule has 3 heteroatoms. The summed E-state index contributed by atoms with van der Waals surface area (Å²) in [4.78, 5) is 2.91. The highest BCUT2D eigenvalue weighted by Crippen LogP contribution is 2.33. The normalized spacial score (nSPS) is 18.7. The van der Waals surface area contributed by atoms with Crippen LogP contribution in [0.5, 0.6) is 0 Å². The Hall–Kier alpha value is -1.09. The van der Waals surface area contributed by atoms with E-state index in [1.165, 1.54) is 24.1 Å². The maximum Gasteiger partial charge on any atom is 0.106 e. The Morgan fingerprint density at radius 3 is 2.44 bits per heavy atom. The molecule has 98 valence electrons. The number of nitrogens with zero attached hydrogens (tertiary/aromatic N) is 1. The summed E-state index contributed by atoms with van der Waals surface area (Å²) in [6.07, 6.45) is 2.44. The molecule has 0 bridgehead atoms. The molecule has 18 heavy (non-hydrogen) atoms. The van der Waals surface area contributed by atoms with Gasteiger partial charge in [0.1, 0.15) is 4.99 Å². The van der Waals surface area contributed by atoms with Crippen LogP contribution >= 0.6 is 12.2 Å². The van der Waals surface area contributed by atoms with E-state index in [4.69, 9.17) is 18.0 Å². The fraction of sp³-hybridized carbons (Fsp3) is 0.533. The van der Waals surface area contributed by atoms with Crippen molar-refractivity contribution in [1.29, 1.82) is 0 Å². The van der Waals surface area contributed by atoms with E-state index in [9.17, 15) is 0 Å². The van der Waals surface area contributed by atoms with Gasteiger partial charge >= 0.3 is 0 Å². The van der Waals surface area contributed by atoms with E-state index in [1.54, 1.807) is 0 Å². The SMILES string of the molecule is Cc1ccc(N2CCC(C)(C)CC2)c(C(N)=S)c1. The number of piperidine rings is 1. The summed E-state index contributed by atoms with van der Waals surface area (Å²) < 4.78 is 0. The average molecular weight is 262 g/mol. The van der Waals surface area contributed by atoms with Crippen molar-refractivity contribution in [3.8, 4) is 0 Å². The van der Waals surface area contributed by atoms with Gasteiger partial charge in [0.25, 0.3) is 0 Å². The molecule has 0 aliphatic carbocycles. The van der Waals surface area contributed by atoms with Crippen LogP contribution in [-0.2, 0) is 0 Å². The molecule has 1 aromatic carbocycles. The number of thiocarbonyl (C=S) groups is 1. The Labute approximate surface area is 115 Å². The number of nitrogens with two attached hydrogens (primary N) is 1. The molecule has 1 aromatic rings. The van der Waals surface area contributed by atoms with Gasteiger partial charge in [-0.3, -0.25) is 0 Å². The fourth-order valence-electron chi connectivity index (χ4n) is 2.48. The van der Waals surface area contributed by atoms with Gasteiger partial charge < -0.3 is 10.6 Å². The zero-order valence-corrected chi connectivity index (χ0v) is 12.3. The van der Waals surface area contributed by atoms with Crippen molar-refractivity contribution >= 4 is 22.9 Å². The molecule has 2 nitrogen and oxygen atoms in total. The van der Waals surface area contributed by atoms with E-state index in [-0.39, 0.29) is 0 Å². The molecule has 0 aromatic heterocycles. The lowest BCUT2D eigenvalue weighted by Gasteiger charge is -2.39. The summed E-state index contributed by atoms with van der Waals surface area (Å²) >= 11 is 5.17. The maximum atomic E-state index is 5.85. The Balaban J connectivity index is 2.26. The smallest absolute Gasteiger partial charge is 0.106 e. The highest BCUT2D eigenvalue weighted by atomic mass is 32.1. The van der Waals surface area contributed by atoms with E-state index in [2.05, 4.69) is 43.9 Å². The molecule has 1 aliphatic heterocycles. The third-order valence-electron chi connectivity index (χ3n) is 3.88. The fourth-order valence-corrected chi connectivity index (χ4v) is 2.64. The topological polar surface area (TPSA) is 29.3 Å². The summed E-state index contributed by atoms with van der Waals surface area (Å²) in [6.45, 7) is 8.93. The largest absolute Gasteiger partial charge is 0.389 e. The monoisotopic (exact) mass is 262 g/mol. The van der Waals surface area contributed by atoms with Gasteiger partial charge in [0, 0.05) is 24.3 Å². The lowest BCUT2D eigenvalue weighted by molar-refractivity contribution is 0.280. The van der Waals surface area contributed by atoms with Crippen molar-refractivity contribution in [3.05, 3.63) is 29.3 Å². The lowest BCUT2D eigenvalue weighted by Crippen LogP contribution is -2.38. The molecule has 2 N–H and O–H groups in total. The molecular weight excluding hydrogens is 240 g/mol. The molecule has 1 fully saturated rings. The van der Waals surface area contributed by atoms with E-state index in [1.807, 2.05) is 0 Å². The second kappa shape index (κ2) is 4.88. The van der Waals surface area contributed by atoms with Gasteiger partial charge in [-0.15, -0.1) is 0 Å². The molecule has 0 spiro atoms. The Kier molecular flexibility index (Phi) is 3.62.